The number of aryl methyl sites for hydroxylation is 2. The SMILES string of the molecule is CCCCCc1ccc(-c2ccc(-c3ccc(CCCCBr)cc3)c(F)c2)cc1. The van der Waals surface area contributed by atoms with E-state index in [0.717, 1.165) is 34.9 Å². The number of unbranched alkanes of at least 4 members (excludes halogenated alkanes) is 3. The van der Waals surface area contributed by atoms with Gasteiger partial charge in [0.1, 0.15) is 5.82 Å². The zero-order chi connectivity index (χ0) is 20.5. The van der Waals surface area contributed by atoms with Gasteiger partial charge in [0.15, 0.2) is 0 Å². The Labute approximate surface area is 183 Å². The number of hydrogen-bond donors (Lipinski definition) is 0. The molecular formula is C27H30BrF. The predicted octanol–water partition coefficient (Wildman–Crippen LogP) is 8.61. The van der Waals surface area contributed by atoms with E-state index in [1.54, 1.807) is 6.07 Å². The Morgan fingerprint density at radius 3 is 1.76 bits per heavy atom. The lowest BCUT2D eigenvalue weighted by Crippen LogP contribution is -1.90. The van der Waals surface area contributed by atoms with Crippen LogP contribution in [-0.2, 0) is 12.8 Å². The van der Waals surface area contributed by atoms with Crippen LogP contribution in [0.4, 0.5) is 4.39 Å². The molecule has 0 aliphatic carbocycles. The van der Waals surface area contributed by atoms with Crippen molar-refractivity contribution in [2.24, 2.45) is 0 Å². The second kappa shape index (κ2) is 11.3. The molecule has 0 nitrogen and oxygen atoms in total. The van der Waals surface area contributed by atoms with Gasteiger partial charge in [0.25, 0.3) is 0 Å². The van der Waals surface area contributed by atoms with Gasteiger partial charge in [-0.05, 0) is 66.0 Å². The Balaban J connectivity index is 1.70. The van der Waals surface area contributed by atoms with E-state index >= 15 is 0 Å². The van der Waals surface area contributed by atoms with Crippen molar-refractivity contribution in [1.82, 2.24) is 0 Å². The fourth-order valence-corrected chi connectivity index (χ4v) is 4.04. The summed E-state index contributed by atoms with van der Waals surface area (Å²) in [6.45, 7) is 2.22. The summed E-state index contributed by atoms with van der Waals surface area (Å²) >= 11 is 3.47. The fraction of sp³-hybridized carbons (Fsp3) is 0.333. The molecule has 0 aliphatic heterocycles. The molecular weight excluding hydrogens is 423 g/mol. The molecule has 0 saturated carbocycles. The lowest BCUT2D eigenvalue weighted by molar-refractivity contribution is 0.632. The van der Waals surface area contributed by atoms with Crippen LogP contribution >= 0.6 is 15.9 Å². The van der Waals surface area contributed by atoms with Crippen LogP contribution in [0.1, 0.15) is 50.2 Å². The molecule has 0 bridgehead atoms. The van der Waals surface area contributed by atoms with Crippen molar-refractivity contribution in [3.63, 3.8) is 0 Å². The van der Waals surface area contributed by atoms with E-state index in [1.807, 2.05) is 24.3 Å². The predicted molar refractivity (Wildman–Crippen MR) is 127 cm³/mol. The monoisotopic (exact) mass is 452 g/mol. The van der Waals surface area contributed by atoms with Gasteiger partial charge < -0.3 is 0 Å². The van der Waals surface area contributed by atoms with Gasteiger partial charge >= 0.3 is 0 Å². The first-order valence-electron chi connectivity index (χ1n) is 10.8. The highest BCUT2D eigenvalue weighted by Crippen LogP contribution is 2.29. The highest BCUT2D eigenvalue weighted by atomic mass is 79.9. The van der Waals surface area contributed by atoms with Crippen LogP contribution in [0.2, 0.25) is 0 Å². The molecule has 0 spiro atoms. The normalized spacial score (nSPS) is 11.0. The molecule has 0 N–H and O–H groups in total. The van der Waals surface area contributed by atoms with Crippen LogP contribution in [0.15, 0.2) is 66.7 Å². The van der Waals surface area contributed by atoms with E-state index in [0.29, 0.717) is 5.56 Å². The molecule has 3 rings (SSSR count). The molecule has 0 saturated heterocycles. The molecule has 3 aromatic carbocycles. The molecule has 29 heavy (non-hydrogen) atoms. The van der Waals surface area contributed by atoms with Crippen LogP contribution in [0.25, 0.3) is 22.3 Å². The van der Waals surface area contributed by atoms with E-state index in [9.17, 15) is 4.39 Å². The van der Waals surface area contributed by atoms with Crippen molar-refractivity contribution >= 4 is 15.9 Å². The van der Waals surface area contributed by atoms with Gasteiger partial charge in [0.2, 0.25) is 0 Å². The average molecular weight is 453 g/mol. The molecule has 0 fully saturated rings. The van der Waals surface area contributed by atoms with Crippen LogP contribution in [0.5, 0.6) is 0 Å². The maximum atomic E-state index is 14.9. The minimum absolute atomic E-state index is 0.165. The van der Waals surface area contributed by atoms with Crippen molar-refractivity contribution in [3.8, 4) is 22.3 Å². The lowest BCUT2D eigenvalue weighted by Gasteiger charge is -2.09. The Morgan fingerprint density at radius 2 is 1.21 bits per heavy atom. The summed E-state index contributed by atoms with van der Waals surface area (Å²) in [5, 5.41) is 1.05. The summed E-state index contributed by atoms with van der Waals surface area (Å²) < 4.78 is 14.9. The summed E-state index contributed by atoms with van der Waals surface area (Å²) in [6.07, 6.45) is 8.28. The number of rotatable bonds is 10. The smallest absolute Gasteiger partial charge is 0.131 e. The van der Waals surface area contributed by atoms with Crippen molar-refractivity contribution in [3.05, 3.63) is 83.7 Å². The van der Waals surface area contributed by atoms with E-state index in [1.165, 1.54) is 43.2 Å². The molecule has 0 unspecified atom stereocenters. The zero-order valence-corrected chi connectivity index (χ0v) is 18.8. The topological polar surface area (TPSA) is 0 Å². The van der Waals surface area contributed by atoms with Gasteiger partial charge in [-0.2, -0.15) is 0 Å². The third kappa shape index (κ3) is 6.27. The second-order valence-electron chi connectivity index (χ2n) is 7.69. The van der Waals surface area contributed by atoms with Crippen LogP contribution in [0, 0.1) is 5.82 Å². The highest BCUT2D eigenvalue weighted by Gasteiger charge is 2.08. The van der Waals surface area contributed by atoms with Gasteiger partial charge in [-0.25, -0.2) is 4.39 Å². The minimum atomic E-state index is -0.165. The Bertz CT molecular complexity index is 881. The van der Waals surface area contributed by atoms with Gasteiger partial charge in [-0.3, -0.25) is 0 Å². The third-order valence-corrected chi connectivity index (χ3v) is 6.00. The zero-order valence-electron chi connectivity index (χ0n) is 17.3. The average Bonchev–Trinajstić information content (AvgIpc) is 2.75. The Kier molecular flexibility index (Phi) is 8.49. The van der Waals surface area contributed by atoms with E-state index in [4.69, 9.17) is 0 Å². The van der Waals surface area contributed by atoms with Gasteiger partial charge in [-0.1, -0.05) is 96.4 Å². The maximum absolute atomic E-state index is 14.9. The standard InChI is InChI=1S/C27H30BrF/c1-2-3-4-7-21-9-13-23(14-10-21)25-17-18-26(27(29)20-25)24-15-11-22(12-16-24)8-5-6-19-28/h9-18,20H,2-8,19H2,1H3. The molecule has 0 atom stereocenters. The van der Waals surface area contributed by atoms with Crippen molar-refractivity contribution in [2.45, 2.75) is 51.9 Å². The summed E-state index contributed by atoms with van der Waals surface area (Å²) in [6, 6.07) is 22.5. The first kappa shape index (κ1) is 21.8. The number of hydrogen-bond acceptors (Lipinski definition) is 0. The quantitative estimate of drug-likeness (QED) is 0.213. The maximum Gasteiger partial charge on any atom is 0.131 e. The molecule has 0 radical (unpaired) electrons. The summed E-state index contributed by atoms with van der Waals surface area (Å²) in [5.74, 6) is -0.165. The highest BCUT2D eigenvalue weighted by molar-refractivity contribution is 9.09. The number of benzene rings is 3. The number of alkyl halides is 1. The van der Waals surface area contributed by atoms with Crippen molar-refractivity contribution in [1.29, 1.82) is 0 Å². The van der Waals surface area contributed by atoms with Gasteiger partial charge in [0.05, 0.1) is 0 Å². The van der Waals surface area contributed by atoms with Crippen LogP contribution in [-0.4, -0.2) is 5.33 Å². The summed E-state index contributed by atoms with van der Waals surface area (Å²) in [5.41, 5.74) is 6.26. The second-order valence-corrected chi connectivity index (χ2v) is 8.48. The summed E-state index contributed by atoms with van der Waals surface area (Å²) in [4.78, 5) is 0. The first-order chi connectivity index (χ1) is 14.2. The largest absolute Gasteiger partial charge is 0.206 e. The molecule has 0 heterocycles. The Hall–Kier alpha value is -1.93. The van der Waals surface area contributed by atoms with E-state index < -0.39 is 0 Å². The third-order valence-electron chi connectivity index (χ3n) is 5.44. The summed E-state index contributed by atoms with van der Waals surface area (Å²) in [7, 11) is 0. The van der Waals surface area contributed by atoms with Gasteiger partial charge in [-0.15, -0.1) is 0 Å². The first-order valence-corrected chi connectivity index (χ1v) is 11.9. The molecule has 152 valence electrons. The molecule has 3 aromatic rings. The van der Waals surface area contributed by atoms with Crippen LogP contribution < -0.4 is 0 Å². The lowest BCUT2D eigenvalue weighted by atomic mass is 9.97. The van der Waals surface area contributed by atoms with Gasteiger partial charge in [0, 0.05) is 10.9 Å². The molecule has 0 amide bonds. The number of halogens is 2. The van der Waals surface area contributed by atoms with E-state index in [-0.39, 0.29) is 5.82 Å². The molecule has 2 heteroatoms. The van der Waals surface area contributed by atoms with Crippen molar-refractivity contribution < 1.29 is 4.39 Å². The van der Waals surface area contributed by atoms with Crippen molar-refractivity contribution in [2.75, 3.05) is 5.33 Å². The van der Waals surface area contributed by atoms with Crippen LogP contribution in [0.3, 0.4) is 0 Å². The molecule has 0 aliphatic rings. The molecule has 0 aromatic heterocycles. The van der Waals surface area contributed by atoms with E-state index in [2.05, 4.69) is 59.3 Å². The fourth-order valence-electron chi connectivity index (χ4n) is 3.65. The Morgan fingerprint density at radius 1 is 0.655 bits per heavy atom. The minimum Gasteiger partial charge on any atom is -0.206 e.